The summed E-state index contributed by atoms with van der Waals surface area (Å²) in [5.74, 6) is -0.483. The number of esters is 1. The van der Waals surface area contributed by atoms with Crippen LogP contribution >= 0.6 is 0 Å². The number of ether oxygens (including phenoxy) is 1. The largest absolute Gasteiger partial charge is 0.489 e. The van der Waals surface area contributed by atoms with Gasteiger partial charge in [0.15, 0.2) is 0 Å². The van der Waals surface area contributed by atoms with Crippen LogP contribution in [0.15, 0.2) is 0 Å². The lowest BCUT2D eigenvalue weighted by Crippen LogP contribution is -2.37. The number of rotatable bonds is 3. The van der Waals surface area contributed by atoms with Crippen molar-refractivity contribution in [2.24, 2.45) is 0 Å². The Morgan fingerprint density at radius 1 is 1.17 bits per heavy atom. The third kappa shape index (κ3) is 2.21. The zero-order chi connectivity index (χ0) is 14.0. The number of carbonyl (C=O) groups excluding carboxylic acids is 1. The van der Waals surface area contributed by atoms with E-state index in [9.17, 15) is 14.8 Å². The van der Waals surface area contributed by atoms with Gasteiger partial charge in [-0.05, 0) is 42.9 Å². The SMILES string of the molecule is CNc1c(C)c(B(O)O)c(C)c(C(=O)OC)c1C. The molecule has 0 atom stereocenters. The lowest BCUT2D eigenvalue weighted by molar-refractivity contribution is 0.0599. The maximum atomic E-state index is 11.8. The normalized spacial score (nSPS) is 10.2. The van der Waals surface area contributed by atoms with Gasteiger partial charge in [-0.25, -0.2) is 4.79 Å². The van der Waals surface area contributed by atoms with Gasteiger partial charge >= 0.3 is 13.1 Å². The number of methoxy groups -OCH3 is 1. The lowest BCUT2D eigenvalue weighted by Gasteiger charge is -2.20. The minimum absolute atomic E-state index is 0.338. The van der Waals surface area contributed by atoms with Crippen LogP contribution in [0.2, 0.25) is 0 Å². The molecular weight excluding hydrogens is 233 g/mol. The van der Waals surface area contributed by atoms with Gasteiger partial charge in [0, 0.05) is 12.7 Å². The van der Waals surface area contributed by atoms with E-state index in [0.29, 0.717) is 22.3 Å². The predicted octanol–water partition coefficient (Wildman–Crippen LogP) is 0.120. The lowest BCUT2D eigenvalue weighted by atomic mass is 9.71. The Balaban J connectivity index is 3.72. The second-order valence-electron chi connectivity index (χ2n) is 4.15. The zero-order valence-corrected chi connectivity index (χ0v) is 11.3. The standard InChI is InChI=1S/C12H18BNO4/c1-6-9(12(15)18-5)7(2)11(14-4)8(3)10(6)13(16)17/h14,16-17H,1-5H3. The molecule has 5 nitrogen and oxygen atoms in total. The van der Waals surface area contributed by atoms with Gasteiger partial charge in [0.05, 0.1) is 12.7 Å². The summed E-state index contributed by atoms with van der Waals surface area (Å²) in [6.45, 7) is 5.26. The van der Waals surface area contributed by atoms with E-state index in [1.807, 2.05) is 0 Å². The molecule has 0 radical (unpaired) electrons. The first-order valence-corrected chi connectivity index (χ1v) is 5.62. The summed E-state index contributed by atoms with van der Waals surface area (Å²) in [6.07, 6.45) is 0. The molecule has 0 unspecified atom stereocenters. The highest BCUT2D eigenvalue weighted by Gasteiger charge is 2.26. The molecule has 18 heavy (non-hydrogen) atoms. The molecule has 1 aromatic rings. The Bertz CT molecular complexity index is 486. The van der Waals surface area contributed by atoms with E-state index in [0.717, 1.165) is 11.1 Å². The molecular formula is C12H18BNO4. The van der Waals surface area contributed by atoms with Gasteiger partial charge < -0.3 is 20.1 Å². The summed E-state index contributed by atoms with van der Waals surface area (Å²) in [4.78, 5) is 11.8. The maximum Gasteiger partial charge on any atom is 0.489 e. The minimum atomic E-state index is -1.62. The summed E-state index contributed by atoms with van der Waals surface area (Å²) in [6, 6.07) is 0. The molecule has 0 aliphatic rings. The monoisotopic (exact) mass is 251 g/mol. The average Bonchev–Trinajstić information content (AvgIpc) is 2.28. The third-order valence-corrected chi connectivity index (χ3v) is 3.21. The van der Waals surface area contributed by atoms with Crippen LogP contribution in [0.5, 0.6) is 0 Å². The van der Waals surface area contributed by atoms with E-state index >= 15 is 0 Å². The fraction of sp³-hybridized carbons (Fsp3) is 0.417. The third-order valence-electron chi connectivity index (χ3n) is 3.21. The molecule has 3 N–H and O–H groups in total. The second kappa shape index (κ2) is 5.41. The molecule has 0 saturated carbocycles. The summed E-state index contributed by atoms with van der Waals surface area (Å²) in [7, 11) is 1.40. The molecule has 0 amide bonds. The number of anilines is 1. The van der Waals surface area contributed by atoms with Crippen LogP contribution in [-0.2, 0) is 4.74 Å². The van der Waals surface area contributed by atoms with Crippen LogP contribution in [0.4, 0.5) is 5.69 Å². The van der Waals surface area contributed by atoms with Crippen molar-refractivity contribution in [3.05, 3.63) is 22.3 Å². The molecule has 98 valence electrons. The molecule has 0 aliphatic carbocycles. The first kappa shape index (κ1) is 14.5. The van der Waals surface area contributed by atoms with Crippen molar-refractivity contribution in [3.8, 4) is 0 Å². The first-order chi connectivity index (χ1) is 8.36. The van der Waals surface area contributed by atoms with Gasteiger partial charge in [-0.1, -0.05) is 0 Å². The molecule has 0 saturated heterocycles. The fourth-order valence-corrected chi connectivity index (χ4v) is 2.41. The Hall–Kier alpha value is -1.53. The molecule has 1 aromatic carbocycles. The number of benzene rings is 1. The summed E-state index contributed by atoms with van der Waals surface area (Å²) in [5.41, 5.74) is 3.41. The van der Waals surface area contributed by atoms with Crippen LogP contribution in [-0.4, -0.2) is 37.3 Å². The van der Waals surface area contributed by atoms with Crippen LogP contribution in [0.25, 0.3) is 0 Å². The van der Waals surface area contributed by atoms with Gasteiger partial charge in [-0.3, -0.25) is 0 Å². The molecule has 0 bridgehead atoms. The Morgan fingerprint density at radius 3 is 2.11 bits per heavy atom. The van der Waals surface area contributed by atoms with E-state index in [1.54, 1.807) is 27.8 Å². The fourth-order valence-electron chi connectivity index (χ4n) is 2.41. The highest BCUT2D eigenvalue weighted by Crippen LogP contribution is 2.25. The maximum absolute atomic E-state index is 11.8. The molecule has 0 fully saturated rings. The predicted molar refractivity (Wildman–Crippen MR) is 71.4 cm³/mol. The molecule has 6 heteroatoms. The quantitative estimate of drug-likeness (QED) is 0.525. The van der Waals surface area contributed by atoms with Crippen molar-refractivity contribution < 1.29 is 19.6 Å². The Morgan fingerprint density at radius 2 is 1.72 bits per heavy atom. The van der Waals surface area contributed by atoms with Crippen molar-refractivity contribution in [1.82, 2.24) is 0 Å². The number of nitrogens with one attached hydrogen (secondary N) is 1. The minimum Gasteiger partial charge on any atom is -0.465 e. The number of hydrogen-bond acceptors (Lipinski definition) is 5. The van der Waals surface area contributed by atoms with Crippen molar-refractivity contribution in [1.29, 1.82) is 0 Å². The van der Waals surface area contributed by atoms with Crippen molar-refractivity contribution in [2.75, 3.05) is 19.5 Å². The Labute approximate surface area is 107 Å². The first-order valence-electron chi connectivity index (χ1n) is 5.62. The van der Waals surface area contributed by atoms with Gasteiger partial charge in [0.25, 0.3) is 0 Å². The van der Waals surface area contributed by atoms with Crippen LogP contribution in [0.1, 0.15) is 27.0 Å². The van der Waals surface area contributed by atoms with Gasteiger partial charge in [0.1, 0.15) is 0 Å². The molecule has 0 spiro atoms. The molecule has 0 aromatic heterocycles. The van der Waals surface area contributed by atoms with Crippen molar-refractivity contribution in [2.45, 2.75) is 20.8 Å². The summed E-state index contributed by atoms with van der Waals surface area (Å²) < 4.78 is 4.74. The zero-order valence-electron chi connectivity index (χ0n) is 11.3. The summed E-state index contributed by atoms with van der Waals surface area (Å²) in [5, 5.41) is 21.9. The van der Waals surface area contributed by atoms with Crippen LogP contribution < -0.4 is 10.8 Å². The van der Waals surface area contributed by atoms with E-state index in [4.69, 9.17) is 4.74 Å². The van der Waals surface area contributed by atoms with E-state index in [-0.39, 0.29) is 0 Å². The van der Waals surface area contributed by atoms with E-state index in [2.05, 4.69) is 5.32 Å². The molecule has 1 rings (SSSR count). The number of carbonyl (C=O) groups is 1. The Kier molecular flexibility index (Phi) is 4.37. The van der Waals surface area contributed by atoms with Crippen molar-refractivity contribution >= 4 is 24.2 Å². The van der Waals surface area contributed by atoms with E-state index in [1.165, 1.54) is 7.11 Å². The highest BCUT2D eigenvalue weighted by atomic mass is 16.5. The highest BCUT2D eigenvalue weighted by molar-refractivity contribution is 6.60. The topological polar surface area (TPSA) is 78.8 Å². The van der Waals surface area contributed by atoms with Crippen molar-refractivity contribution in [3.63, 3.8) is 0 Å². The molecule has 0 heterocycles. The van der Waals surface area contributed by atoms with Crippen LogP contribution in [0, 0.1) is 20.8 Å². The van der Waals surface area contributed by atoms with Crippen LogP contribution in [0.3, 0.4) is 0 Å². The van der Waals surface area contributed by atoms with Gasteiger partial charge in [0.2, 0.25) is 0 Å². The smallest absolute Gasteiger partial charge is 0.465 e. The van der Waals surface area contributed by atoms with Gasteiger partial charge in [-0.2, -0.15) is 0 Å². The van der Waals surface area contributed by atoms with Gasteiger partial charge in [-0.15, -0.1) is 0 Å². The summed E-state index contributed by atoms with van der Waals surface area (Å²) >= 11 is 0. The number of hydrogen-bond donors (Lipinski definition) is 3. The average molecular weight is 251 g/mol. The second-order valence-corrected chi connectivity index (χ2v) is 4.15. The molecule has 0 aliphatic heterocycles. The van der Waals surface area contributed by atoms with E-state index < -0.39 is 13.1 Å².